The van der Waals surface area contributed by atoms with Crippen molar-refractivity contribution in [3.63, 3.8) is 0 Å². The van der Waals surface area contributed by atoms with Crippen LogP contribution in [-0.4, -0.2) is 20.6 Å². The van der Waals surface area contributed by atoms with E-state index in [9.17, 15) is 20.2 Å². The highest BCUT2D eigenvalue weighted by Crippen LogP contribution is 2.43. The Morgan fingerprint density at radius 3 is 2.82 bits per heavy atom. The quantitative estimate of drug-likeness (QED) is 0.618. The number of carbonyl (C=O) groups is 1. The van der Waals surface area contributed by atoms with Gasteiger partial charge in [-0.05, 0) is 48.0 Å². The molecule has 1 aliphatic carbocycles. The summed E-state index contributed by atoms with van der Waals surface area (Å²) in [6, 6.07) is 3.56. The Labute approximate surface area is 167 Å². The van der Waals surface area contributed by atoms with Gasteiger partial charge < -0.3 is 15.4 Å². The van der Waals surface area contributed by atoms with Crippen LogP contribution in [0.3, 0.4) is 0 Å². The molecule has 1 N–H and O–H groups in total. The highest BCUT2D eigenvalue weighted by Gasteiger charge is 2.32. The number of thiophene rings is 1. The van der Waals surface area contributed by atoms with Crippen molar-refractivity contribution in [3.8, 4) is 6.07 Å². The second-order valence-corrected chi connectivity index (χ2v) is 9.34. The molecule has 0 saturated carbocycles. The summed E-state index contributed by atoms with van der Waals surface area (Å²) in [5, 5.41) is 27.6. The van der Waals surface area contributed by atoms with E-state index in [2.05, 4.69) is 37.3 Å². The third-order valence-corrected chi connectivity index (χ3v) is 6.47. The van der Waals surface area contributed by atoms with Gasteiger partial charge in [0, 0.05) is 4.88 Å². The van der Waals surface area contributed by atoms with Crippen molar-refractivity contribution in [1.82, 2.24) is 9.78 Å². The normalized spacial score (nSPS) is 16.3. The van der Waals surface area contributed by atoms with Crippen molar-refractivity contribution in [2.24, 2.45) is 11.3 Å². The van der Waals surface area contributed by atoms with E-state index in [4.69, 9.17) is 0 Å². The van der Waals surface area contributed by atoms with Crippen LogP contribution < -0.4 is 5.32 Å². The van der Waals surface area contributed by atoms with Gasteiger partial charge in [0.05, 0.1) is 22.4 Å². The lowest BCUT2D eigenvalue weighted by molar-refractivity contribution is -0.389. The summed E-state index contributed by atoms with van der Waals surface area (Å²) in [5.74, 6) is -0.104. The fourth-order valence-corrected chi connectivity index (χ4v) is 4.87. The SMILES string of the molecule is Cc1cc([N+](=O)[O-])nn1CC(=O)Nc1sc2c(c1C#N)CC[C@H](C(C)(C)C)C2. The average molecular weight is 401 g/mol. The zero-order valence-electron chi connectivity index (χ0n) is 16.4. The van der Waals surface area contributed by atoms with Gasteiger partial charge in [-0.25, -0.2) is 0 Å². The third kappa shape index (κ3) is 3.92. The van der Waals surface area contributed by atoms with Gasteiger partial charge in [-0.3, -0.25) is 4.79 Å². The number of aromatic nitrogens is 2. The molecule has 0 radical (unpaired) electrons. The van der Waals surface area contributed by atoms with Gasteiger partial charge >= 0.3 is 5.82 Å². The first-order valence-electron chi connectivity index (χ1n) is 9.13. The fraction of sp³-hybridized carbons (Fsp3) is 0.526. The number of nitrogens with one attached hydrogen (secondary N) is 1. The van der Waals surface area contributed by atoms with E-state index in [1.807, 2.05) is 0 Å². The first-order chi connectivity index (χ1) is 13.1. The standard InChI is InChI=1S/C19H23N5O3S/c1-11-7-16(24(26)27)22-23(11)10-17(25)21-18-14(9-20)13-6-5-12(19(2,3)4)8-15(13)28-18/h7,12H,5-6,8,10H2,1-4H3,(H,21,25)/t12-/m0/s1. The van der Waals surface area contributed by atoms with Gasteiger partial charge in [-0.1, -0.05) is 20.8 Å². The largest absolute Gasteiger partial charge is 0.390 e. The number of carbonyl (C=O) groups excluding carboxylic acids is 1. The zero-order chi connectivity index (χ0) is 20.6. The van der Waals surface area contributed by atoms with Gasteiger partial charge in [0.25, 0.3) is 0 Å². The molecule has 0 bridgehead atoms. The van der Waals surface area contributed by atoms with Crippen molar-refractivity contribution in [2.45, 2.75) is 53.5 Å². The molecular formula is C19H23N5O3S. The van der Waals surface area contributed by atoms with Crippen molar-refractivity contribution in [1.29, 1.82) is 5.26 Å². The van der Waals surface area contributed by atoms with Crippen LogP contribution in [0.1, 0.15) is 48.9 Å². The summed E-state index contributed by atoms with van der Waals surface area (Å²) >= 11 is 1.47. The predicted molar refractivity (Wildman–Crippen MR) is 106 cm³/mol. The molecule has 3 rings (SSSR count). The molecule has 28 heavy (non-hydrogen) atoms. The topological polar surface area (TPSA) is 114 Å². The van der Waals surface area contributed by atoms with Crippen molar-refractivity contribution < 1.29 is 9.72 Å². The minimum absolute atomic E-state index is 0.141. The Bertz CT molecular complexity index is 977. The second kappa shape index (κ2) is 7.36. The molecule has 9 heteroatoms. The van der Waals surface area contributed by atoms with Gasteiger partial charge in [0.2, 0.25) is 5.91 Å². The van der Waals surface area contributed by atoms with Gasteiger partial charge in [0.15, 0.2) is 0 Å². The Kier molecular flexibility index (Phi) is 5.26. The van der Waals surface area contributed by atoms with Crippen molar-refractivity contribution in [3.05, 3.63) is 37.9 Å². The highest BCUT2D eigenvalue weighted by molar-refractivity contribution is 7.16. The minimum Gasteiger partial charge on any atom is -0.358 e. The zero-order valence-corrected chi connectivity index (χ0v) is 17.2. The lowest BCUT2D eigenvalue weighted by Gasteiger charge is -2.33. The summed E-state index contributed by atoms with van der Waals surface area (Å²) in [6.45, 7) is 8.21. The van der Waals surface area contributed by atoms with Gasteiger partial charge in [-0.2, -0.15) is 9.94 Å². The number of fused-ring (bicyclic) bond motifs is 1. The lowest BCUT2D eigenvalue weighted by atomic mass is 9.72. The molecule has 0 unspecified atom stereocenters. The number of hydrogen-bond donors (Lipinski definition) is 1. The molecule has 8 nitrogen and oxygen atoms in total. The van der Waals surface area contributed by atoms with Crippen molar-refractivity contribution in [2.75, 3.05) is 5.32 Å². The number of nitro groups is 1. The summed E-state index contributed by atoms with van der Waals surface area (Å²) in [4.78, 5) is 23.9. The Balaban J connectivity index is 1.78. The maximum atomic E-state index is 12.5. The second-order valence-electron chi connectivity index (χ2n) is 8.23. The molecule has 2 heterocycles. The van der Waals surface area contributed by atoms with Crippen LogP contribution in [0.15, 0.2) is 6.07 Å². The van der Waals surface area contributed by atoms with Crippen LogP contribution >= 0.6 is 11.3 Å². The molecule has 0 fully saturated rings. The predicted octanol–water partition coefficient (Wildman–Crippen LogP) is 3.82. The van der Waals surface area contributed by atoms with E-state index in [1.165, 1.54) is 27.0 Å². The molecule has 2 aromatic rings. The highest BCUT2D eigenvalue weighted by atomic mass is 32.1. The maximum Gasteiger partial charge on any atom is 0.390 e. The summed E-state index contributed by atoms with van der Waals surface area (Å²) in [7, 11) is 0. The smallest absolute Gasteiger partial charge is 0.358 e. The number of hydrogen-bond acceptors (Lipinski definition) is 6. The van der Waals surface area contributed by atoms with Gasteiger partial charge in [-0.15, -0.1) is 11.3 Å². The molecule has 1 amide bonds. The van der Waals surface area contributed by atoms with E-state index in [0.717, 1.165) is 24.8 Å². The Morgan fingerprint density at radius 2 is 2.25 bits per heavy atom. The molecule has 0 aliphatic heterocycles. The van der Waals surface area contributed by atoms with Crippen LogP contribution in [0, 0.1) is 39.7 Å². The number of aryl methyl sites for hydroxylation is 1. The van der Waals surface area contributed by atoms with Crippen LogP contribution in [-0.2, 0) is 24.2 Å². The fourth-order valence-electron chi connectivity index (χ4n) is 3.58. The Morgan fingerprint density at radius 1 is 1.54 bits per heavy atom. The first kappa shape index (κ1) is 20.0. The van der Waals surface area contributed by atoms with E-state index in [0.29, 0.717) is 22.2 Å². The number of anilines is 1. The van der Waals surface area contributed by atoms with E-state index < -0.39 is 4.92 Å². The summed E-state index contributed by atoms with van der Waals surface area (Å²) in [5.41, 5.74) is 2.32. The van der Waals surface area contributed by atoms with E-state index in [1.54, 1.807) is 6.92 Å². The molecular weight excluding hydrogens is 378 g/mol. The molecule has 1 aliphatic rings. The molecule has 2 aromatic heterocycles. The molecule has 0 aromatic carbocycles. The minimum atomic E-state index is -0.589. The van der Waals surface area contributed by atoms with Crippen LogP contribution in [0.25, 0.3) is 0 Å². The molecule has 1 atom stereocenters. The number of nitriles is 1. The maximum absolute atomic E-state index is 12.5. The van der Waals surface area contributed by atoms with Crippen LogP contribution in [0.2, 0.25) is 0 Å². The van der Waals surface area contributed by atoms with Crippen LogP contribution in [0.4, 0.5) is 10.8 Å². The summed E-state index contributed by atoms with van der Waals surface area (Å²) in [6.07, 6.45) is 2.79. The number of amides is 1. The monoisotopic (exact) mass is 401 g/mol. The third-order valence-electron chi connectivity index (χ3n) is 5.30. The number of rotatable bonds is 4. The first-order valence-corrected chi connectivity index (χ1v) is 9.95. The molecule has 0 saturated heterocycles. The average Bonchev–Trinajstić information content (AvgIpc) is 3.13. The van der Waals surface area contributed by atoms with Crippen LogP contribution in [0.5, 0.6) is 0 Å². The lowest BCUT2D eigenvalue weighted by Crippen LogP contribution is -2.26. The molecule has 148 valence electrons. The van der Waals surface area contributed by atoms with E-state index >= 15 is 0 Å². The van der Waals surface area contributed by atoms with Gasteiger partial charge in [0.1, 0.15) is 17.6 Å². The summed E-state index contributed by atoms with van der Waals surface area (Å²) < 4.78 is 1.29. The van der Waals surface area contributed by atoms with E-state index in [-0.39, 0.29) is 23.7 Å². The Hall–Kier alpha value is -2.73. The molecule has 0 spiro atoms. The van der Waals surface area contributed by atoms with Crippen molar-refractivity contribution >= 4 is 28.1 Å². The number of nitrogens with zero attached hydrogens (tertiary/aromatic N) is 4.